The number of rotatable bonds is 59. The molecule has 0 saturated heterocycles. The largest absolute Gasteiger partial charge is 0.756 e. The van der Waals surface area contributed by atoms with Crippen LogP contribution in [0.2, 0.25) is 0 Å². The standard InChI is InChI=1S/C62H125N2O6P/c1-6-8-10-12-14-16-18-20-22-23-24-25-26-27-28-29-30-31-32-33-34-35-36-37-38-39-40-42-44-46-48-50-52-54-56-62(66)63-60(59-70-71(67,68)69-58-57-64(3,4)5)61(65)55-53-51-49-47-45-43-41-21-19-17-15-13-11-9-7-2/h53,55,60-61,65H,6-52,54,56-59H2,1-5H3,(H-,63,66,67,68)/b55-53+/t60-,61+/m0/s1. The highest BCUT2D eigenvalue weighted by Crippen LogP contribution is 2.38. The normalized spacial score (nSPS) is 13.8. The molecule has 0 aliphatic rings. The summed E-state index contributed by atoms with van der Waals surface area (Å²) in [6, 6.07) is -0.882. The molecule has 1 amide bonds. The summed E-state index contributed by atoms with van der Waals surface area (Å²) in [5.41, 5.74) is 0. The molecule has 1 unspecified atom stereocenters. The summed E-state index contributed by atoms with van der Waals surface area (Å²) in [5, 5.41) is 13.9. The van der Waals surface area contributed by atoms with E-state index in [1.165, 1.54) is 270 Å². The Labute approximate surface area is 443 Å². The molecule has 71 heavy (non-hydrogen) atoms. The van der Waals surface area contributed by atoms with Crippen molar-refractivity contribution in [1.82, 2.24) is 5.32 Å². The summed E-state index contributed by atoms with van der Waals surface area (Å²) >= 11 is 0. The molecule has 0 aromatic heterocycles. The Morgan fingerprint density at radius 2 is 0.761 bits per heavy atom. The number of nitrogens with one attached hydrogen (secondary N) is 1. The van der Waals surface area contributed by atoms with Gasteiger partial charge in [0.05, 0.1) is 39.9 Å². The Hall–Kier alpha value is -0.760. The molecule has 0 radical (unpaired) electrons. The van der Waals surface area contributed by atoms with Crippen molar-refractivity contribution in [2.45, 2.75) is 341 Å². The Bertz CT molecular complexity index is 1160. The second kappa shape index (κ2) is 54.0. The van der Waals surface area contributed by atoms with Gasteiger partial charge in [0.1, 0.15) is 13.2 Å². The predicted molar refractivity (Wildman–Crippen MR) is 307 cm³/mol. The number of aliphatic hydroxyl groups is 1. The third-order valence-electron chi connectivity index (χ3n) is 14.7. The molecule has 3 atom stereocenters. The van der Waals surface area contributed by atoms with Crippen LogP contribution in [-0.2, 0) is 18.4 Å². The molecule has 0 aromatic rings. The molecule has 0 fully saturated rings. The molecular weight excluding hydrogens is 900 g/mol. The van der Waals surface area contributed by atoms with E-state index in [9.17, 15) is 19.4 Å². The minimum Gasteiger partial charge on any atom is -0.756 e. The van der Waals surface area contributed by atoms with E-state index in [0.29, 0.717) is 17.4 Å². The molecule has 0 spiro atoms. The number of hydrogen-bond donors (Lipinski definition) is 2. The van der Waals surface area contributed by atoms with Crippen LogP contribution in [0.25, 0.3) is 0 Å². The Kier molecular flexibility index (Phi) is 53.5. The predicted octanol–water partition coefficient (Wildman–Crippen LogP) is 18.8. The Morgan fingerprint density at radius 1 is 0.479 bits per heavy atom. The van der Waals surface area contributed by atoms with Crippen molar-refractivity contribution in [3.8, 4) is 0 Å². The van der Waals surface area contributed by atoms with E-state index in [1.807, 2.05) is 27.2 Å². The first-order valence-corrected chi connectivity index (χ1v) is 33.0. The fourth-order valence-electron chi connectivity index (χ4n) is 9.81. The number of aliphatic hydroxyl groups excluding tert-OH is 1. The van der Waals surface area contributed by atoms with Gasteiger partial charge in [-0.05, 0) is 19.3 Å². The first-order valence-electron chi connectivity index (χ1n) is 31.6. The molecule has 0 rings (SSSR count). The zero-order valence-corrected chi connectivity index (χ0v) is 49.4. The number of phosphoric acid groups is 1. The zero-order valence-electron chi connectivity index (χ0n) is 48.5. The van der Waals surface area contributed by atoms with Crippen LogP contribution in [0.1, 0.15) is 328 Å². The number of phosphoric ester groups is 1. The molecule has 0 heterocycles. The maximum absolute atomic E-state index is 13.0. The molecule has 2 N–H and O–H groups in total. The van der Waals surface area contributed by atoms with E-state index in [2.05, 4.69) is 19.2 Å². The lowest BCUT2D eigenvalue weighted by molar-refractivity contribution is -0.870. The average Bonchev–Trinajstić information content (AvgIpc) is 3.33. The number of hydrogen-bond acceptors (Lipinski definition) is 6. The number of nitrogens with zero attached hydrogens (tertiary/aromatic N) is 1. The maximum atomic E-state index is 13.0. The topological polar surface area (TPSA) is 108 Å². The molecule has 0 aromatic carbocycles. The van der Waals surface area contributed by atoms with Crippen LogP contribution in [-0.4, -0.2) is 68.5 Å². The summed E-state index contributed by atoms with van der Waals surface area (Å²) in [7, 11) is 1.28. The zero-order chi connectivity index (χ0) is 52.0. The van der Waals surface area contributed by atoms with Gasteiger partial charge in [-0.3, -0.25) is 9.36 Å². The molecule has 9 heteroatoms. The van der Waals surface area contributed by atoms with Crippen molar-refractivity contribution in [3.05, 3.63) is 12.2 Å². The van der Waals surface area contributed by atoms with Crippen molar-refractivity contribution >= 4 is 13.7 Å². The second-order valence-electron chi connectivity index (χ2n) is 23.1. The quantitative estimate of drug-likeness (QED) is 0.0272. The number of amides is 1. The van der Waals surface area contributed by atoms with E-state index < -0.39 is 20.0 Å². The van der Waals surface area contributed by atoms with Gasteiger partial charge in [0.15, 0.2) is 0 Å². The van der Waals surface area contributed by atoms with Gasteiger partial charge in [-0.15, -0.1) is 0 Å². The minimum atomic E-state index is -4.59. The number of unbranched alkanes of at least 4 members (excludes halogenated alkanes) is 46. The van der Waals surface area contributed by atoms with Gasteiger partial charge in [-0.2, -0.15) is 0 Å². The van der Waals surface area contributed by atoms with E-state index >= 15 is 0 Å². The SMILES string of the molecule is CCCCCCCCCCCCCCC/C=C/[C@@H](O)[C@H](COP(=O)([O-])OCC[N+](C)(C)C)NC(=O)CCCCCCCCCCCCCCCCCCCCCCCCCCCCCCCCCCCC. The molecule has 0 saturated carbocycles. The van der Waals surface area contributed by atoms with Crippen LogP contribution in [0.3, 0.4) is 0 Å². The van der Waals surface area contributed by atoms with E-state index in [1.54, 1.807) is 6.08 Å². The van der Waals surface area contributed by atoms with Crippen LogP contribution >= 0.6 is 7.82 Å². The van der Waals surface area contributed by atoms with Crippen molar-refractivity contribution < 1.29 is 32.9 Å². The lowest BCUT2D eigenvalue weighted by atomic mass is 10.0. The van der Waals surface area contributed by atoms with Crippen LogP contribution in [0.4, 0.5) is 0 Å². The third kappa shape index (κ3) is 56.8. The number of carbonyl (C=O) groups excluding carboxylic acids is 1. The summed E-state index contributed by atoms with van der Waals surface area (Å²) in [5.74, 6) is -0.190. The van der Waals surface area contributed by atoms with Gasteiger partial charge in [-0.25, -0.2) is 0 Å². The fraction of sp³-hybridized carbons (Fsp3) is 0.952. The van der Waals surface area contributed by atoms with Gasteiger partial charge in [0.2, 0.25) is 5.91 Å². The first-order chi connectivity index (χ1) is 34.5. The van der Waals surface area contributed by atoms with E-state index in [-0.39, 0.29) is 19.1 Å². The minimum absolute atomic E-state index is 0.00260. The third-order valence-corrected chi connectivity index (χ3v) is 15.7. The second-order valence-corrected chi connectivity index (χ2v) is 24.5. The molecular formula is C62H125N2O6P. The number of allylic oxidation sites excluding steroid dienone is 1. The number of carbonyl (C=O) groups is 1. The highest BCUT2D eigenvalue weighted by atomic mass is 31.2. The van der Waals surface area contributed by atoms with Gasteiger partial charge in [0.25, 0.3) is 7.82 Å². The van der Waals surface area contributed by atoms with Crippen molar-refractivity contribution in [3.63, 3.8) is 0 Å². The molecule has 8 nitrogen and oxygen atoms in total. The summed E-state index contributed by atoms with van der Waals surface area (Å²) in [6.45, 7) is 4.70. The molecule has 424 valence electrons. The highest BCUT2D eigenvalue weighted by molar-refractivity contribution is 7.45. The summed E-state index contributed by atoms with van der Waals surface area (Å²) in [4.78, 5) is 25.5. The van der Waals surface area contributed by atoms with Crippen LogP contribution < -0.4 is 10.2 Å². The van der Waals surface area contributed by atoms with Gasteiger partial charge < -0.3 is 28.8 Å². The average molecular weight is 1030 g/mol. The van der Waals surface area contributed by atoms with E-state index in [4.69, 9.17) is 9.05 Å². The fourth-order valence-corrected chi connectivity index (χ4v) is 10.5. The molecule has 0 bridgehead atoms. The Balaban J connectivity index is 3.94. The maximum Gasteiger partial charge on any atom is 0.268 e. The van der Waals surface area contributed by atoms with Crippen LogP contribution in [0.5, 0.6) is 0 Å². The molecule has 0 aliphatic heterocycles. The van der Waals surface area contributed by atoms with Crippen molar-refractivity contribution in [2.75, 3.05) is 40.9 Å². The Morgan fingerprint density at radius 3 is 1.06 bits per heavy atom. The highest BCUT2D eigenvalue weighted by Gasteiger charge is 2.23. The van der Waals surface area contributed by atoms with Gasteiger partial charge in [-0.1, -0.05) is 315 Å². The number of quaternary nitrogens is 1. The summed E-state index contributed by atoms with van der Waals surface area (Å²) in [6.07, 6.45) is 67.5. The van der Waals surface area contributed by atoms with Crippen molar-refractivity contribution in [2.24, 2.45) is 0 Å². The van der Waals surface area contributed by atoms with Crippen molar-refractivity contribution in [1.29, 1.82) is 0 Å². The monoisotopic (exact) mass is 1020 g/mol. The summed E-state index contributed by atoms with van der Waals surface area (Å²) < 4.78 is 23.4. The van der Waals surface area contributed by atoms with E-state index in [0.717, 1.165) is 38.5 Å². The lowest BCUT2D eigenvalue weighted by Crippen LogP contribution is -2.45. The van der Waals surface area contributed by atoms with Crippen LogP contribution in [0, 0.1) is 0 Å². The smallest absolute Gasteiger partial charge is 0.268 e. The lowest BCUT2D eigenvalue weighted by Gasteiger charge is -2.29. The van der Waals surface area contributed by atoms with Gasteiger partial charge in [0, 0.05) is 6.42 Å². The molecule has 0 aliphatic carbocycles. The van der Waals surface area contributed by atoms with Crippen LogP contribution in [0.15, 0.2) is 12.2 Å². The first kappa shape index (κ1) is 70.2. The number of likely N-dealkylation sites (N-methyl/N-ethyl adjacent to an activating group) is 1. The van der Waals surface area contributed by atoms with Gasteiger partial charge >= 0.3 is 0 Å².